The molecular formula is C16H24N2O2. The fourth-order valence-corrected chi connectivity index (χ4v) is 3.94. The van der Waals surface area contributed by atoms with Crippen molar-refractivity contribution in [2.75, 3.05) is 6.54 Å². The highest BCUT2D eigenvalue weighted by atomic mass is 16.2. The largest absolute Gasteiger partial charge is 0.340 e. The van der Waals surface area contributed by atoms with Crippen LogP contribution >= 0.6 is 0 Å². The minimum Gasteiger partial charge on any atom is -0.340 e. The van der Waals surface area contributed by atoms with Crippen LogP contribution in [-0.2, 0) is 9.59 Å². The van der Waals surface area contributed by atoms with E-state index in [-0.39, 0.29) is 11.8 Å². The number of nitrogens with zero attached hydrogens (tertiary/aromatic N) is 1. The van der Waals surface area contributed by atoms with Crippen LogP contribution in [0.1, 0.15) is 51.9 Å². The van der Waals surface area contributed by atoms with Gasteiger partial charge in [-0.25, -0.2) is 0 Å². The highest BCUT2D eigenvalue weighted by molar-refractivity contribution is 6.02. The van der Waals surface area contributed by atoms with Gasteiger partial charge in [-0.1, -0.05) is 25.3 Å². The van der Waals surface area contributed by atoms with Crippen molar-refractivity contribution in [3.05, 3.63) is 12.7 Å². The van der Waals surface area contributed by atoms with Crippen molar-refractivity contribution in [2.45, 2.75) is 62.9 Å². The molecule has 0 aromatic rings. The van der Waals surface area contributed by atoms with Gasteiger partial charge < -0.3 is 10.2 Å². The molecule has 1 atom stereocenters. The summed E-state index contributed by atoms with van der Waals surface area (Å²) < 4.78 is 0. The van der Waals surface area contributed by atoms with Crippen LogP contribution in [-0.4, -0.2) is 34.3 Å². The van der Waals surface area contributed by atoms with E-state index < -0.39 is 11.1 Å². The number of amides is 2. The van der Waals surface area contributed by atoms with Gasteiger partial charge in [-0.15, -0.1) is 6.58 Å². The van der Waals surface area contributed by atoms with Crippen LogP contribution in [0.3, 0.4) is 0 Å². The zero-order chi connectivity index (χ0) is 14.4. The van der Waals surface area contributed by atoms with Gasteiger partial charge in [0, 0.05) is 6.54 Å². The third-order valence-corrected chi connectivity index (χ3v) is 5.42. The first-order chi connectivity index (χ1) is 9.54. The van der Waals surface area contributed by atoms with Crippen LogP contribution in [0.15, 0.2) is 12.7 Å². The molecular weight excluding hydrogens is 252 g/mol. The van der Waals surface area contributed by atoms with Crippen molar-refractivity contribution in [2.24, 2.45) is 5.92 Å². The lowest BCUT2D eigenvalue weighted by molar-refractivity contribution is -0.164. The van der Waals surface area contributed by atoms with E-state index in [0.29, 0.717) is 12.5 Å². The molecule has 0 radical (unpaired) electrons. The third kappa shape index (κ3) is 1.80. The van der Waals surface area contributed by atoms with Gasteiger partial charge in [-0.3, -0.25) is 9.59 Å². The molecule has 1 N–H and O–H groups in total. The van der Waals surface area contributed by atoms with Crippen molar-refractivity contribution in [3.63, 3.8) is 0 Å². The van der Waals surface area contributed by atoms with E-state index >= 15 is 0 Å². The maximum atomic E-state index is 13.0. The minimum absolute atomic E-state index is 0.0448. The Balaban J connectivity index is 1.96. The molecule has 3 aliphatic rings. The topological polar surface area (TPSA) is 49.4 Å². The molecule has 0 aromatic heterocycles. The molecule has 1 aliphatic heterocycles. The first kappa shape index (κ1) is 13.7. The smallest absolute Gasteiger partial charge is 0.249 e. The number of rotatable bonds is 3. The summed E-state index contributed by atoms with van der Waals surface area (Å²) in [7, 11) is 0. The standard InChI is InChI=1S/C16H24N2O2/c1-3-11-18-14(20)16(9-5-4-6-10-16)17-13(19)15(18,2)12-7-8-12/h3,12H,1,4-11H2,2H3,(H,17,19). The fourth-order valence-electron chi connectivity index (χ4n) is 3.94. The van der Waals surface area contributed by atoms with Crippen molar-refractivity contribution in [1.29, 1.82) is 0 Å². The average Bonchev–Trinajstić information content (AvgIpc) is 3.27. The molecule has 2 amide bonds. The van der Waals surface area contributed by atoms with Crippen molar-refractivity contribution < 1.29 is 9.59 Å². The van der Waals surface area contributed by atoms with Gasteiger partial charge in [0.05, 0.1) is 0 Å². The Labute approximate surface area is 120 Å². The summed E-state index contributed by atoms with van der Waals surface area (Å²) in [5.41, 5.74) is -1.30. The Morgan fingerprint density at radius 3 is 2.50 bits per heavy atom. The zero-order valence-electron chi connectivity index (χ0n) is 12.3. The third-order valence-electron chi connectivity index (χ3n) is 5.42. The summed E-state index contributed by atoms with van der Waals surface area (Å²) in [5, 5.41) is 3.12. The normalized spacial score (nSPS) is 33.1. The molecule has 1 unspecified atom stereocenters. The van der Waals surface area contributed by atoms with E-state index in [0.717, 1.165) is 44.9 Å². The van der Waals surface area contributed by atoms with Crippen LogP contribution in [0, 0.1) is 5.92 Å². The van der Waals surface area contributed by atoms with E-state index in [1.807, 2.05) is 11.8 Å². The predicted octanol–water partition coefficient (Wildman–Crippen LogP) is 2.00. The number of carbonyl (C=O) groups is 2. The molecule has 1 saturated heterocycles. The molecule has 4 nitrogen and oxygen atoms in total. The quantitative estimate of drug-likeness (QED) is 0.802. The maximum absolute atomic E-state index is 13.0. The van der Waals surface area contributed by atoms with E-state index in [9.17, 15) is 9.59 Å². The van der Waals surface area contributed by atoms with Gasteiger partial charge in [0.1, 0.15) is 11.1 Å². The van der Waals surface area contributed by atoms with Crippen LogP contribution in [0.25, 0.3) is 0 Å². The second kappa shape index (κ2) is 4.61. The number of piperazine rings is 1. The molecule has 1 spiro atoms. The maximum Gasteiger partial charge on any atom is 0.249 e. The molecule has 3 fully saturated rings. The Kier molecular flexibility index (Phi) is 3.14. The summed E-state index contributed by atoms with van der Waals surface area (Å²) in [6, 6.07) is 0. The van der Waals surface area contributed by atoms with Crippen molar-refractivity contribution in [1.82, 2.24) is 10.2 Å². The van der Waals surface area contributed by atoms with Gasteiger partial charge in [0.15, 0.2) is 0 Å². The number of carbonyl (C=O) groups excluding carboxylic acids is 2. The average molecular weight is 276 g/mol. The second-order valence-electron chi connectivity index (χ2n) is 6.72. The monoisotopic (exact) mass is 276 g/mol. The zero-order valence-corrected chi connectivity index (χ0v) is 12.3. The summed E-state index contributed by atoms with van der Waals surface area (Å²) >= 11 is 0. The molecule has 2 saturated carbocycles. The van der Waals surface area contributed by atoms with Gasteiger partial charge in [0.25, 0.3) is 0 Å². The van der Waals surface area contributed by atoms with E-state index in [4.69, 9.17) is 0 Å². The molecule has 2 aliphatic carbocycles. The molecule has 4 heteroatoms. The van der Waals surface area contributed by atoms with Crippen molar-refractivity contribution in [3.8, 4) is 0 Å². The lowest BCUT2D eigenvalue weighted by Gasteiger charge is -2.52. The molecule has 20 heavy (non-hydrogen) atoms. The lowest BCUT2D eigenvalue weighted by Crippen LogP contribution is -2.76. The molecule has 0 aromatic carbocycles. The van der Waals surface area contributed by atoms with Gasteiger partial charge in [-0.05, 0) is 38.5 Å². The SMILES string of the molecule is C=CCN1C(=O)C2(CCCCC2)NC(=O)C1(C)C1CC1. The van der Waals surface area contributed by atoms with Crippen LogP contribution in [0.4, 0.5) is 0 Å². The first-order valence-electron chi connectivity index (χ1n) is 7.80. The number of hydrogen-bond acceptors (Lipinski definition) is 2. The Bertz CT molecular complexity index is 449. The van der Waals surface area contributed by atoms with Crippen LogP contribution in [0.5, 0.6) is 0 Å². The van der Waals surface area contributed by atoms with Gasteiger partial charge >= 0.3 is 0 Å². The molecule has 1 heterocycles. The highest BCUT2D eigenvalue weighted by Crippen LogP contribution is 2.47. The van der Waals surface area contributed by atoms with E-state index in [2.05, 4.69) is 11.9 Å². The van der Waals surface area contributed by atoms with E-state index in [1.54, 1.807) is 6.08 Å². The lowest BCUT2D eigenvalue weighted by atomic mass is 9.75. The van der Waals surface area contributed by atoms with Crippen LogP contribution < -0.4 is 5.32 Å². The van der Waals surface area contributed by atoms with Gasteiger partial charge in [0.2, 0.25) is 11.8 Å². The number of hydrogen-bond donors (Lipinski definition) is 1. The highest BCUT2D eigenvalue weighted by Gasteiger charge is 2.60. The minimum atomic E-state index is -0.673. The summed E-state index contributed by atoms with van der Waals surface area (Å²) in [6.07, 6.45) is 8.59. The number of nitrogens with one attached hydrogen (secondary N) is 1. The molecule has 110 valence electrons. The van der Waals surface area contributed by atoms with Crippen molar-refractivity contribution >= 4 is 11.8 Å². The van der Waals surface area contributed by atoms with Crippen LogP contribution in [0.2, 0.25) is 0 Å². The Hall–Kier alpha value is -1.32. The summed E-state index contributed by atoms with van der Waals surface area (Å²) in [5.74, 6) is 0.474. The van der Waals surface area contributed by atoms with E-state index in [1.165, 1.54) is 0 Å². The molecule has 3 rings (SSSR count). The summed E-state index contributed by atoms with van der Waals surface area (Å²) in [4.78, 5) is 27.6. The summed E-state index contributed by atoms with van der Waals surface area (Å²) in [6.45, 7) is 6.17. The molecule has 0 bridgehead atoms. The fraction of sp³-hybridized carbons (Fsp3) is 0.750. The predicted molar refractivity (Wildman–Crippen MR) is 77.0 cm³/mol. The van der Waals surface area contributed by atoms with Gasteiger partial charge in [-0.2, -0.15) is 0 Å². The Morgan fingerprint density at radius 1 is 1.30 bits per heavy atom. The Morgan fingerprint density at radius 2 is 1.95 bits per heavy atom. The first-order valence-corrected chi connectivity index (χ1v) is 7.80. The second-order valence-corrected chi connectivity index (χ2v) is 6.72.